The minimum absolute atomic E-state index is 0.123. The highest BCUT2D eigenvalue weighted by Crippen LogP contribution is 2.45. The summed E-state index contributed by atoms with van der Waals surface area (Å²) < 4.78 is 7.33. The smallest absolute Gasteiger partial charge is 0.259 e. The highest BCUT2D eigenvalue weighted by Gasteiger charge is 2.34. The fourth-order valence-electron chi connectivity index (χ4n) is 3.85. The molecule has 7 nitrogen and oxygen atoms in total. The summed E-state index contributed by atoms with van der Waals surface area (Å²) in [6, 6.07) is 11.8. The van der Waals surface area contributed by atoms with Crippen LogP contribution in [0.4, 0.5) is 0 Å². The van der Waals surface area contributed by atoms with Crippen LogP contribution in [-0.2, 0) is 6.54 Å². The SMILES string of the molecule is O=C(NCc1cnn(-c2ccccc2)c1)c1cc(C2CC2)nc2onc(C3CC3)c12. The van der Waals surface area contributed by atoms with E-state index in [1.54, 1.807) is 6.20 Å². The van der Waals surface area contributed by atoms with Crippen LogP contribution in [0, 0.1) is 0 Å². The Morgan fingerprint density at radius 2 is 1.93 bits per heavy atom. The van der Waals surface area contributed by atoms with Crippen LogP contribution < -0.4 is 5.32 Å². The van der Waals surface area contributed by atoms with Crippen LogP contribution in [0.3, 0.4) is 0 Å². The summed E-state index contributed by atoms with van der Waals surface area (Å²) in [6.07, 6.45) is 8.11. The van der Waals surface area contributed by atoms with Crippen LogP contribution in [0.25, 0.3) is 16.8 Å². The van der Waals surface area contributed by atoms with Crippen LogP contribution >= 0.6 is 0 Å². The lowest BCUT2D eigenvalue weighted by Crippen LogP contribution is -2.23. The van der Waals surface area contributed by atoms with Gasteiger partial charge in [0.1, 0.15) is 0 Å². The minimum atomic E-state index is -0.123. The molecular formula is C23H21N5O2. The highest BCUT2D eigenvalue weighted by molar-refractivity contribution is 6.06. The normalized spacial score (nSPS) is 16.1. The quantitative estimate of drug-likeness (QED) is 0.528. The number of aromatic nitrogens is 4. The molecule has 0 saturated heterocycles. The van der Waals surface area contributed by atoms with Gasteiger partial charge in [-0.3, -0.25) is 4.79 Å². The van der Waals surface area contributed by atoms with Crippen molar-refractivity contribution < 1.29 is 9.32 Å². The predicted molar refractivity (Wildman–Crippen MR) is 110 cm³/mol. The summed E-state index contributed by atoms with van der Waals surface area (Å²) in [5, 5.41) is 12.5. The molecule has 1 N–H and O–H groups in total. The summed E-state index contributed by atoms with van der Waals surface area (Å²) in [4.78, 5) is 17.8. The van der Waals surface area contributed by atoms with Crippen molar-refractivity contribution in [1.82, 2.24) is 25.2 Å². The number of hydrogen-bond donors (Lipinski definition) is 1. The van der Waals surface area contributed by atoms with Gasteiger partial charge in [0.15, 0.2) is 0 Å². The lowest BCUT2D eigenvalue weighted by atomic mass is 10.1. The van der Waals surface area contributed by atoms with E-state index in [0.29, 0.717) is 29.7 Å². The molecule has 0 unspecified atom stereocenters. The molecule has 150 valence electrons. The summed E-state index contributed by atoms with van der Waals surface area (Å²) in [7, 11) is 0. The first-order chi connectivity index (χ1) is 14.8. The van der Waals surface area contributed by atoms with E-state index in [0.717, 1.165) is 53.7 Å². The molecule has 0 atom stereocenters. The van der Waals surface area contributed by atoms with E-state index in [1.807, 2.05) is 47.3 Å². The molecule has 0 aliphatic heterocycles. The predicted octanol–water partition coefficient (Wildman–Crippen LogP) is 4.09. The van der Waals surface area contributed by atoms with Crippen molar-refractivity contribution in [2.45, 2.75) is 44.1 Å². The van der Waals surface area contributed by atoms with E-state index in [-0.39, 0.29) is 5.91 Å². The molecule has 2 aliphatic rings. The fraction of sp³-hybridized carbons (Fsp3) is 0.304. The summed E-state index contributed by atoms with van der Waals surface area (Å²) in [5.74, 6) is 0.692. The number of carbonyl (C=O) groups excluding carboxylic acids is 1. The Hall–Kier alpha value is -3.48. The first-order valence-corrected chi connectivity index (χ1v) is 10.4. The number of carbonyl (C=O) groups is 1. The maximum atomic E-state index is 13.2. The topological polar surface area (TPSA) is 85.8 Å². The lowest BCUT2D eigenvalue weighted by molar-refractivity contribution is 0.0952. The van der Waals surface area contributed by atoms with Crippen LogP contribution in [-0.4, -0.2) is 25.8 Å². The first-order valence-electron chi connectivity index (χ1n) is 10.4. The van der Waals surface area contributed by atoms with E-state index in [4.69, 9.17) is 4.52 Å². The van der Waals surface area contributed by atoms with Crippen LogP contribution in [0.2, 0.25) is 0 Å². The Morgan fingerprint density at radius 3 is 2.70 bits per heavy atom. The maximum absolute atomic E-state index is 13.2. The second-order valence-corrected chi connectivity index (χ2v) is 8.20. The largest absolute Gasteiger partial charge is 0.348 e. The van der Waals surface area contributed by atoms with Gasteiger partial charge in [-0.1, -0.05) is 23.4 Å². The monoisotopic (exact) mass is 399 g/mol. The molecule has 3 heterocycles. The molecule has 3 aromatic heterocycles. The average Bonchev–Trinajstić information content (AvgIpc) is 3.72. The number of para-hydroxylation sites is 1. The maximum Gasteiger partial charge on any atom is 0.259 e. The van der Waals surface area contributed by atoms with Crippen LogP contribution in [0.5, 0.6) is 0 Å². The van der Waals surface area contributed by atoms with Crippen molar-refractivity contribution in [3.63, 3.8) is 0 Å². The molecule has 7 heteroatoms. The number of nitrogens with one attached hydrogen (secondary N) is 1. The number of fused-ring (bicyclic) bond motifs is 1. The Balaban J connectivity index is 1.27. The number of nitrogens with zero attached hydrogens (tertiary/aromatic N) is 4. The van der Waals surface area contributed by atoms with E-state index in [2.05, 4.69) is 20.6 Å². The van der Waals surface area contributed by atoms with Crippen molar-refractivity contribution >= 4 is 17.0 Å². The van der Waals surface area contributed by atoms with Gasteiger partial charge in [-0.25, -0.2) is 9.67 Å². The fourth-order valence-corrected chi connectivity index (χ4v) is 3.85. The molecular weight excluding hydrogens is 378 g/mol. The van der Waals surface area contributed by atoms with E-state index in [1.165, 1.54) is 0 Å². The molecule has 1 amide bonds. The summed E-state index contributed by atoms with van der Waals surface area (Å²) in [5.41, 5.74) is 4.85. The molecule has 2 saturated carbocycles. The van der Waals surface area contributed by atoms with Gasteiger partial charge in [0.05, 0.1) is 28.5 Å². The second kappa shape index (κ2) is 6.79. The first kappa shape index (κ1) is 17.4. The molecule has 0 spiro atoms. The highest BCUT2D eigenvalue weighted by atomic mass is 16.5. The molecule has 6 rings (SSSR count). The van der Waals surface area contributed by atoms with E-state index in [9.17, 15) is 4.79 Å². The number of hydrogen-bond acceptors (Lipinski definition) is 5. The van der Waals surface area contributed by atoms with Crippen molar-refractivity contribution in [1.29, 1.82) is 0 Å². The van der Waals surface area contributed by atoms with Gasteiger partial charge in [0.25, 0.3) is 11.6 Å². The standard InChI is InChI=1S/C23H21N5O2/c29-22(24-11-14-12-25-28(13-14)17-4-2-1-3-5-17)18-10-19(15-6-7-15)26-23-20(18)21(27-30-23)16-8-9-16/h1-5,10,12-13,15-16H,6-9,11H2,(H,24,29). The molecule has 30 heavy (non-hydrogen) atoms. The Bertz CT molecular complexity index is 1240. The minimum Gasteiger partial charge on any atom is -0.348 e. The molecule has 1 aromatic carbocycles. The summed E-state index contributed by atoms with van der Waals surface area (Å²) >= 11 is 0. The Morgan fingerprint density at radius 1 is 1.13 bits per heavy atom. The van der Waals surface area contributed by atoms with Crippen molar-refractivity contribution in [3.8, 4) is 5.69 Å². The van der Waals surface area contributed by atoms with Crippen molar-refractivity contribution in [2.24, 2.45) is 0 Å². The number of amides is 1. The molecule has 0 bridgehead atoms. The van der Waals surface area contributed by atoms with Gasteiger partial charge < -0.3 is 9.84 Å². The van der Waals surface area contributed by atoms with Gasteiger partial charge >= 0.3 is 0 Å². The summed E-state index contributed by atoms with van der Waals surface area (Å²) in [6.45, 7) is 0.401. The van der Waals surface area contributed by atoms with E-state index >= 15 is 0 Å². The second-order valence-electron chi connectivity index (χ2n) is 8.20. The third kappa shape index (κ3) is 3.16. The van der Waals surface area contributed by atoms with Crippen molar-refractivity contribution in [3.05, 3.63) is 71.3 Å². The van der Waals surface area contributed by atoms with Crippen LogP contribution in [0.1, 0.15) is 64.8 Å². The van der Waals surface area contributed by atoms with Gasteiger partial charge in [-0.15, -0.1) is 0 Å². The molecule has 4 aromatic rings. The third-order valence-electron chi connectivity index (χ3n) is 5.81. The van der Waals surface area contributed by atoms with Crippen LogP contribution in [0.15, 0.2) is 53.3 Å². The van der Waals surface area contributed by atoms with Crippen molar-refractivity contribution in [2.75, 3.05) is 0 Å². The lowest BCUT2D eigenvalue weighted by Gasteiger charge is -2.07. The number of rotatable bonds is 6. The number of pyridine rings is 1. The Labute approximate surface area is 173 Å². The number of benzene rings is 1. The van der Waals surface area contributed by atoms with E-state index < -0.39 is 0 Å². The van der Waals surface area contributed by atoms with Gasteiger partial charge in [-0.2, -0.15) is 5.10 Å². The Kier molecular flexibility index (Phi) is 3.94. The van der Waals surface area contributed by atoms with Gasteiger partial charge in [-0.05, 0) is 43.9 Å². The molecule has 2 aliphatic carbocycles. The third-order valence-corrected chi connectivity index (χ3v) is 5.81. The molecule has 2 fully saturated rings. The molecule has 0 radical (unpaired) electrons. The average molecular weight is 399 g/mol. The zero-order valence-corrected chi connectivity index (χ0v) is 16.4. The zero-order valence-electron chi connectivity index (χ0n) is 16.4. The zero-order chi connectivity index (χ0) is 20.1. The van der Waals surface area contributed by atoms with Gasteiger partial charge in [0.2, 0.25) is 0 Å². The van der Waals surface area contributed by atoms with Gasteiger partial charge in [0, 0.05) is 35.8 Å².